The number of hydrazine groups is 1. The number of nitrogens with one attached hydrogen (secondary N) is 3. The predicted molar refractivity (Wildman–Crippen MR) is 125 cm³/mol. The predicted octanol–water partition coefficient (Wildman–Crippen LogP) is 2.32. The second-order valence-corrected chi connectivity index (χ2v) is 10.3. The number of aryl methyl sites for hydroxylation is 1. The third-order valence-corrected chi connectivity index (χ3v) is 7.33. The molecule has 0 bridgehead atoms. The standard InChI is InChI=1S/C22H27ClN4O5S/c1-14-4-7-18(8-5-14)24-11-21(28)25-26-22(29)17-6-9-19(23)20(10-17)33(30,31)27-12-15(2)32-16(3)13-27/h4-10,15-16,24H,11-13H2,1-3H3,(H,25,28)(H,26,29). The number of nitrogens with zero attached hydrogens (tertiary/aromatic N) is 1. The van der Waals surface area contributed by atoms with E-state index in [0.29, 0.717) is 0 Å². The molecule has 1 aliphatic rings. The van der Waals surface area contributed by atoms with Crippen molar-refractivity contribution in [1.29, 1.82) is 0 Å². The van der Waals surface area contributed by atoms with Crippen molar-refractivity contribution in [3.63, 3.8) is 0 Å². The molecule has 0 saturated carbocycles. The van der Waals surface area contributed by atoms with Crippen LogP contribution in [0.2, 0.25) is 5.02 Å². The van der Waals surface area contributed by atoms with Crippen molar-refractivity contribution in [2.75, 3.05) is 25.0 Å². The number of sulfonamides is 1. The molecular weight excluding hydrogens is 468 g/mol. The van der Waals surface area contributed by atoms with E-state index in [2.05, 4.69) is 16.2 Å². The van der Waals surface area contributed by atoms with E-state index < -0.39 is 21.8 Å². The average molecular weight is 495 g/mol. The summed E-state index contributed by atoms with van der Waals surface area (Å²) in [5.41, 5.74) is 6.49. The van der Waals surface area contributed by atoms with E-state index in [1.165, 1.54) is 22.5 Å². The van der Waals surface area contributed by atoms with Crippen molar-refractivity contribution in [2.45, 2.75) is 37.9 Å². The summed E-state index contributed by atoms with van der Waals surface area (Å²) in [6.45, 7) is 5.85. The molecule has 11 heteroatoms. The highest BCUT2D eigenvalue weighted by atomic mass is 35.5. The molecule has 0 aliphatic carbocycles. The number of anilines is 1. The second kappa shape index (κ2) is 10.5. The molecule has 0 aromatic heterocycles. The lowest BCUT2D eigenvalue weighted by atomic mass is 10.2. The average Bonchev–Trinajstić information content (AvgIpc) is 2.76. The Labute approximate surface area is 198 Å². The minimum atomic E-state index is -3.94. The number of hydrogen-bond donors (Lipinski definition) is 3. The summed E-state index contributed by atoms with van der Waals surface area (Å²) in [6.07, 6.45) is -0.532. The van der Waals surface area contributed by atoms with E-state index >= 15 is 0 Å². The van der Waals surface area contributed by atoms with Crippen LogP contribution in [0.5, 0.6) is 0 Å². The summed E-state index contributed by atoms with van der Waals surface area (Å²) < 4.78 is 33.2. The summed E-state index contributed by atoms with van der Waals surface area (Å²) >= 11 is 6.17. The Hall–Kier alpha value is -2.66. The Balaban J connectivity index is 1.63. The monoisotopic (exact) mass is 494 g/mol. The Morgan fingerprint density at radius 1 is 1.06 bits per heavy atom. The van der Waals surface area contributed by atoms with Crippen molar-refractivity contribution in [2.24, 2.45) is 0 Å². The molecule has 2 amide bonds. The summed E-state index contributed by atoms with van der Waals surface area (Å²) in [6, 6.07) is 11.4. The van der Waals surface area contributed by atoms with Gasteiger partial charge in [-0.15, -0.1) is 0 Å². The normalized spacial score (nSPS) is 19.0. The molecular formula is C22H27ClN4O5S. The summed E-state index contributed by atoms with van der Waals surface area (Å²) in [7, 11) is -3.94. The number of morpholine rings is 1. The second-order valence-electron chi connectivity index (χ2n) is 7.95. The van der Waals surface area contributed by atoms with Crippen molar-refractivity contribution in [3.8, 4) is 0 Å². The Kier molecular flexibility index (Phi) is 7.96. The third-order valence-electron chi connectivity index (χ3n) is 5.02. The van der Waals surface area contributed by atoms with Gasteiger partial charge < -0.3 is 10.1 Å². The van der Waals surface area contributed by atoms with Gasteiger partial charge in [-0.2, -0.15) is 4.31 Å². The molecule has 33 heavy (non-hydrogen) atoms. The van der Waals surface area contributed by atoms with E-state index in [9.17, 15) is 18.0 Å². The van der Waals surface area contributed by atoms with Crippen LogP contribution in [-0.4, -0.2) is 56.4 Å². The van der Waals surface area contributed by atoms with Crippen LogP contribution in [0.25, 0.3) is 0 Å². The van der Waals surface area contributed by atoms with Gasteiger partial charge in [-0.1, -0.05) is 29.3 Å². The van der Waals surface area contributed by atoms with E-state index in [1.54, 1.807) is 13.8 Å². The van der Waals surface area contributed by atoms with Gasteiger partial charge >= 0.3 is 0 Å². The van der Waals surface area contributed by atoms with E-state index in [0.717, 1.165) is 11.3 Å². The number of ether oxygens (including phenoxy) is 1. The number of amides is 2. The first-order valence-corrected chi connectivity index (χ1v) is 12.2. The molecule has 2 atom stereocenters. The van der Waals surface area contributed by atoms with Gasteiger partial charge in [-0.25, -0.2) is 8.42 Å². The molecule has 1 aliphatic heterocycles. The van der Waals surface area contributed by atoms with Crippen LogP contribution in [0.15, 0.2) is 47.4 Å². The first kappa shape index (κ1) is 25.0. The molecule has 9 nitrogen and oxygen atoms in total. The molecule has 3 N–H and O–H groups in total. The van der Waals surface area contributed by atoms with Crippen molar-refractivity contribution in [1.82, 2.24) is 15.2 Å². The Bertz CT molecular complexity index is 1110. The van der Waals surface area contributed by atoms with Crippen LogP contribution in [-0.2, 0) is 19.6 Å². The van der Waals surface area contributed by atoms with Crippen LogP contribution in [0.4, 0.5) is 5.69 Å². The molecule has 0 spiro atoms. The first-order chi connectivity index (χ1) is 15.6. The maximum absolute atomic E-state index is 13.2. The maximum atomic E-state index is 13.2. The zero-order valence-electron chi connectivity index (χ0n) is 18.6. The molecule has 1 heterocycles. The van der Waals surface area contributed by atoms with Crippen LogP contribution in [0.3, 0.4) is 0 Å². The molecule has 3 rings (SSSR count). The van der Waals surface area contributed by atoms with Crippen molar-refractivity contribution < 1.29 is 22.7 Å². The molecule has 0 radical (unpaired) electrons. The fourth-order valence-corrected chi connectivity index (χ4v) is 5.50. The third kappa shape index (κ3) is 6.44. The van der Waals surface area contributed by atoms with Gasteiger partial charge in [-0.3, -0.25) is 20.4 Å². The van der Waals surface area contributed by atoms with Crippen molar-refractivity contribution in [3.05, 3.63) is 58.6 Å². The first-order valence-electron chi connectivity index (χ1n) is 10.4. The van der Waals surface area contributed by atoms with Crippen LogP contribution < -0.4 is 16.2 Å². The smallest absolute Gasteiger partial charge is 0.269 e. The van der Waals surface area contributed by atoms with Crippen LogP contribution >= 0.6 is 11.6 Å². The summed E-state index contributed by atoms with van der Waals surface area (Å²) in [4.78, 5) is 24.4. The van der Waals surface area contributed by atoms with E-state index in [1.807, 2.05) is 31.2 Å². The van der Waals surface area contributed by atoms with Crippen molar-refractivity contribution >= 4 is 39.1 Å². The molecule has 2 unspecified atom stereocenters. The number of hydrogen-bond acceptors (Lipinski definition) is 6. The minimum Gasteiger partial charge on any atom is -0.376 e. The lowest BCUT2D eigenvalue weighted by Crippen LogP contribution is -2.48. The fourth-order valence-electron chi connectivity index (χ4n) is 3.40. The number of rotatable bonds is 6. The van der Waals surface area contributed by atoms with Gasteiger partial charge in [0.05, 0.1) is 23.8 Å². The summed E-state index contributed by atoms with van der Waals surface area (Å²) in [5, 5.41) is 2.94. The molecule has 178 valence electrons. The minimum absolute atomic E-state index is 0.00433. The number of carbonyl (C=O) groups is 2. The zero-order chi connectivity index (χ0) is 24.2. The Morgan fingerprint density at radius 3 is 2.33 bits per heavy atom. The Morgan fingerprint density at radius 2 is 1.70 bits per heavy atom. The summed E-state index contributed by atoms with van der Waals surface area (Å²) in [5.74, 6) is -1.14. The van der Waals surface area contributed by atoms with Gasteiger partial charge in [0, 0.05) is 24.3 Å². The lowest BCUT2D eigenvalue weighted by molar-refractivity contribution is -0.120. The molecule has 1 fully saturated rings. The highest BCUT2D eigenvalue weighted by Gasteiger charge is 2.33. The van der Waals surface area contributed by atoms with Gasteiger partial charge in [0.15, 0.2) is 0 Å². The zero-order valence-corrected chi connectivity index (χ0v) is 20.2. The SMILES string of the molecule is Cc1ccc(NCC(=O)NNC(=O)c2ccc(Cl)c(S(=O)(=O)N3CC(C)OC(C)C3)c2)cc1. The van der Waals surface area contributed by atoms with Gasteiger partial charge in [0.1, 0.15) is 4.90 Å². The molecule has 2 aromatic rings. The highest BCUT2D eigenvalue weighted by Crippen LogP contribution is 2.28. The van der Waals surface area contributed by atoms with E-state index in [-0.39, 0.29) is 47.3 Å². The van der Waals surface area contributed by atoms with Gasteiger partial charge in [-0.05, 0) is 51.1 Å². The quantitative estimate of drug-likeness (QED) is 0.531. The number of halogens is 1. The highest BCUT2D eigenvalue weighted by molar-refractivity contribution is 7.89. The number of carbonyl (C=O) groups excluding carboxylic acids is 2. The van der Waals surface area contributed by atoms with Gasteiger partial charge in [0.2, 0.25) is 10.0 Å². The molecule has 2 aromatic carbocycles. The number of benzene rings is 2. The van der Waals surface area contributed by atoms with Crippen LogP contribution in [0, 0.1) is 6.92 Å². The lowest BCUT2D eigenvalue weighted by Gasteiger charge is -2.34. The molecule has 1 saturated heterocycles. The maximum Gasteiger partial charge on any atom is 0.269 e. The topological polar surface area (TPSA) is 117 Å². The fraction of sp³-hybridized carbons (Fsp3) is 0.364. The van der Waals surface area contributed by atoms with E-state index in [4.69, 9.17) is 16.3 Å². The van der Waals surface area contributed by atoms with Crippen LogP contribution in [0.1, 0.15) is 29.8 Å². The largest absolute Gasteiger partial charge is 0.376 e. The van der Waals surface area contributed by atoms with Gasteiger partial charge in [0.25, 0.3) is 11.8 Å².